The van der Waals surface area contributed by atoms with Gasteiger partial charge in [-0.05, 0) is 43.3 Å². The van der Waals surface area contributed by atoms with Crippen molar-refractivity contribution in [1.29, 1.82) is 0 Å². The van der Waals surface area contributed by atoms with Crippen molar-refractivity contribution < 1.29 is 14.3 Å². The topological polar surface area (TPSA) is 58.6 Å². The number of anilines is 2. The molecule has 0 saturated heterocycles. The minimum absolute atomic E-state index is 0.0552. The number of ether oxygens (including phenoxy) is 1. The lowest BCUT2D eigenvalue weighted by molar-refractivity contribution is -0.120. The molecule has 1 aliphatic heterocycles. The third kappa shape index (κ3) is 3.71. The quantitative estimate of drug-likeness (QED) is 0.848. The molecule has 0 radical (unpaired) electrons. The number of nitrogens with one attached hydrogen (secondary N) is 1. The molecule has 1 heterocycles. The van der Waals surface area contributed by atoms with E-state index in [9.17, 15) is 9.59 Å². The van der Waals surface area contributed by atoms with Crippen molar-refractivity contribution in [2.75, 3.05) is 29.1 Å². The van der Waals surface area contributed by atoms with Gasteiger partial charge in [0.1, 0.15) is 12.3 Å². The lowest BCUT2D eigenvalue weighted by Gasteiger charge is -2.29. The average Bonchev–Trinajstić information content (AvgIpc) is 2.60. The molecule has 0 saturated carbocycles. The van der Waals surface area contributed by atoms with Gasteiger partial charge in [0.25, 0.3) is 0 Å². The molecule has 0 spiro atoms. The van der Waals surface area contributed by atoms with Gasteiger partial charge in [0.2, 0.25) is 11.8 Å². The number of nitrogens with zero attached hydrogens (tertiary/aromatic N) is 1. The van der Waals surface area contributed by atoms with Gasteiger partial charge in [0, 0.05) is 4.90 Å². The van der Waals surface area contributed by atoms with Crippen LogP contribution >= 0.6 is 11.8 Å². The van der Waals surface area contributed by atoms with E-state index >= 15 is 0 Å². The van der Waals surface area contributed by atoms with E-state index in [0.717, 1.165) is 16.3 Å². The summed E-state index contributed by atoms with van der Waals surface area (Å²) in [7, 11) is 0. The van der Waals surface area contributed by atoms with Crippen molar-refractivity contribution in [2.45, 2.75) is 11.8 Å². The van der Waals surface area contributed by atoms with Gasteiger partial charge in [-0.2, -0.15) is 0 Å². The van der Waals surface area contributed by atoms with Gasteiger partial charge in [-0.1, -0.05) is 12.1 Å². The monoisotopic (exact) mass is 342 g/mol. The second-order valence-corrected chi connectivity index (χ2v) is 6.29. The highest BCUT2D eigenvalue weighted by molar-refractivity contribution is 8.00. The third-order valence-electron chi connectivity index (χ3n) is 3.57. The Bertz CT molecular complexity index is 746. The minimum atomic E-state index is -0.173. The van der Waals surface area contributed by atoms with E-state index in [2.05, 4.69) is 5.32 Å². The summed E-state index contributed by atoms with van der Waals surface area (Å²) in [5.74, 6) is 0.828. The number of hydrogen-bond donors (Lipinski definition) is 1. The molecule has 1 N–H and O–H groups in total. The Labute approximate surface area is 145 Å². The molecule has 1 aliphatic rings. The van der Waals surface area contributed by atoms with Gasteiger partial charge in [0.15, 0.2) is 0 Å². The highest BCUT2D eigenvalue weighted by Crippen LogP contribution is 2.30. The molecule has 2 amide bonds. The summed E-state index contributed by atoms with van der Waals surface area (Å²) in [6.45, 7) is 2.62. The van der Waals surface area contributed by atoms with Gasteiger partial charge in [-0.25, -0.2) is 0 Å². The van der Waals surface area contributed by atoms with E-state index in [0.29, 0.717) is 12.3 Å². The first-order chi connectivity index (χ1) is 11.7. The Hall–Kier alpha value is -2.47. The molecule has 0 atom stereocenters. The maximum Gasteiger partial charge on any atom is 0.244 e. The number of para-hydroxylation sites is 2. The predicted octanol–water partition coefficient (Wildman–Crippen LogP) is 3.16. The molecule has 2 aromatic rings. The van der Waals surface area contributed by atoms with E-state index in [1.807, 2.05) is 49.4 Å². The van der Waals surface area contributed by atoms with Crippen LogP contribution in [0.5, 0.6) is 5.75 Å². The molecule has 3 rings (SSSR count). The maximum atomic E-state index is 12.5. The summed E-state index contributed by atoms with van der Waals surface area (Å²) in [5.41, 5.74) is 1.42. The van der Waals surface area contributed by atoms with E-state index in [1.165, 1.54) is 16.7 Å². The van der Waals surface area contributed by atoms with Crippen LogP contribution in [0.25, 0.3) is 0 Å². The number of amides is 2. The van der Waals surface area contributed by atoms with Crippen molar-refractivity contribution >= 4 is 35.0 Å². The molecule has 0 aliphatic carbocycles. The van der Waals surface area contributed by atoms with Crippen molar-refractivity contribution in [3.05, 3.63) is 48.5 Å². The van der Waals surface area contributed by atoms with Crippen molar-refractivity contribution in [3.8, 4) is 5.75 Å². The lowest BCUT2D eigenvalue weighted by Crippen LogP contribution is -2.43. The third-order valence-corrected chi connectivity index (χ3v) is 4.57. The lowest BCUT2D eigenvalue weighted by atomic mass is 10.2. The number of thioether (sulfide) groups is 1. The van der Waals surface area contributed by atoms with Crippen LogP contribution < -0.4 is 15.0 Å². The van der Waals surface area contributed by atoms with Crippen molar-refractivity contribution in [3.63, 3.8) is 0 Å². The molecule has 24 heavy (non-hydrogen) atoms. The Morgan fingerprint density at radius 2 is 1.96 bits per heavy atom. The normalized spacial score (nSPS) is 13.2. The molecule has 0 aromatic heterocycles. The Morgan fingerprint density at radius 3 is 2.71 bits per heavy atom. The van der Waals surface area contributed by atoms with Crippen molar-refractivity contribution in [1.82, 2.24) is 0 Å². The molecular formula is C18H18N2O3S. The summed E-state index contributed by atoms with van der Waals surface area (Å²) in [6, 6.07) is 15.0. The molecule has 5 nitrogen and oxygen atoms in total. The maximum absolute atomic E-state index is 12.5. The predicted molar refractivity (Wildman–Crippen MR) is 95.8 cm³/mol. The summed E-state index contributed by atoms with van der Waals surface area (Å²) in [6.07, 6.45) is 0. The fraction of sp³-hybridized carbons (Fsp3) is 0.222. The van der Waals surface area contributed by atoms with E-state index in [-0.39, 0.29) is 24.1 Å². The molecule has 0 bridgehead atoms. The van der Waals surface area contributed by atoms with Gasteiger partial charge >= 0.3 is 0 Å². The van der Waals surface area contributed by atoms with Gasteiger partial charge < -0.3 is 15.0 Å². The number of hydrogen-bond acceptors (Lipinski definition) is 4. The summed E-state index contributed by atoms with van der Waals surface area (Å²) >= 11 is 1.45. The number of fused-ring (bicyclic) bond motifs is 1. The second kappa shape index (κ2) is 7.40. The van der Waals surface area contributed by atoms with Crippen LogP contribution in [0, 0.1) is 0 Å². The number of carbonyl (C=O) groups is 2. The van der Waals surface area contributed by atoms with Gasteiger partial charge in [-0.3, -0.25) is 9.59 Å². The zero-order valence-electron chi connectivity index (χ0n) is 13.3. The Morgan fingerprint density at radius 1 is 1.21 bits per heavy atom. The minimum Gasteiger partial charge on any atom is -0.494 e. The second-order valence-electron chi connectivity index (χ2n) is 5.24. The van der Waals surface area contributed by atoms with E-state index in [4.69, 9.17) is 4.74 Å². The first kappa shape index (κ1) is 16.4. The van der Waals surface area contributed by atoms with Crippen LogP contribution in [0.1, 0.15) is 6.92 Å². The first-order valence-electron chi connectivity index (χ1n) is 7.72. The fourth-order valence-corrected chi connectivity index (χ4v) is 3.25. The average molecular weight is 342 g/mol. The molecule has 2 aromatic carbocycles. The SMILES string of the molecule is CCOc1ccc(SCC(=O)N2CC(=O)Nc3ccccc32)cc1. The zero-order chi connectivity index (χ0) is 16.9. The smallest absolute Gasteiger partial charge is 0.244 e. The van der Waals surface area contributed by atoms with Crippen LogP contribution in [0.2, 0.25) is 0 Å². The fourth-order valence-electron chi connectivity index (χ4n) is 2.48. The van der Waals surface area contributed by atoms with Crippen LogP contribution in [0.15, 0.2) is 53.4 Å². The largest absolute Gasteiger partial charge is 0.494 e. The van der Waals surface area contributed by atoms with Gasteiger partial charge in [0.05, 0.1) is 23.7 Å². The highest BCUT2D eigenvalue weighted by Gasteiger charge is 2.26. The van der Waals surface area contributed by atoms with Crippen LogP contribution in [-0.4, -0.2) is 30.7 Å². The molecule has 124 valence electrons. The van der Waals surface area contributed by atoms with Crippen LogP contribution in [-0.2, 0) is 9.59 Å². The highest BCUT2D eigenvalue weighted by atomic mass is 32.2. The molecule has 0 unspecified atom stereocenters. The van der Waals surface area contributed by atoms with Crippen LogP contribution in [0.4, 0.5) is 11.4 Å². The van der Waals surface area contributed by atoms with Crippen LogP contribution in [0.3, 0.4) is 0 Å². The Balaban J connectivity index is 1.66. The summed E-state index contributed by atoms with van der Waals surface area (Å²) < 4.78 is 5.40. The van der Waals surface area contributed by atoms with E-state index in [1.54, 1.807) is 6.07 Å². The summed E-state index contributed by atoms with van der Waals surface area (Å²) in [4.78, 5) is 26.9. The Kier molecular flexibility index (Phi) is 5.05. The molecular weight excluding hydrogens is 324 g/mol. The number of benzene rings is 2. The zero-order valence-corrected chi connectivity index (χ0v) is 14.1. The first-order valence-corrected chi connectivity index (χ1v) is 8.71. The van der Waals surface area contributed by atoms with Gasteiger partial charge in [-0.15, -0.1) is 11.8 Å². The summed E-state index contributed by atoms with van der Waals surface area (Å²) in [5, 5.41) is 2.78. The number of rotatable bonds is 5. The number of carbonyl (C=O) groups excluding carboxylic acids is 2. The van der Waals surface area contributed by atoms with Crippen molar-refractivity contribution in [2.24, 2.45) is 0 Å². The standard InChI is InChI=1S/C18H18N2O3S/c1-2-23-13-7-9-14(10-8-13)24-12-18(22)20-11-17(21)19-15-5-3-4-6-16(15)20/h3-10H,2,11-12H2,1H3,(H,19,21). The molecule has 0 fully saturated rings. The molecule has 6 heteroatoms. The van der Waals surface area contributed by atoms with E-state index < -0.39 is 0 Å².